The fourth-order valence-corrected chi connectivity index (χ4v) is 4.37. The van der Waals surface area contributed by atoms with E-state index in [4.69, 9.17) is 9.47 Å². The van der Waals surface area contributed by atoms with Crippen LogP contribution in [0.4, 0.5) is 16.2 Å². The van der Waals surface area contributed by atoms with Gasteiger partial charge in [-0.3, -0.25) is 19.7 Å². The zero-order valence-corrected chi connectivity index (χ0v) is 22.2. The number of nitrogens with one attached hydrogen (secondary N) is 2. The molecule has 10 nitrogen and oxygen atoms in total. The van der Waals surface area contributed by atoms with E-state index in [2.05, 4.69) is 10.6 Å². The Morgan fingerprint density at radius 2 is 1.76 bits per heavy atom. The minimum Gasteiger partial charge on any atom is -0.508 e. The molecule has 38 heavy (non-hydrogen) atoms. The number of urea groups is 1. The van der Waals surface area contributed by atoms with Gasteiger partial charge in [0.15, 0.2) is 18.1 Å². The molecule has 1 aliphatic rings. The van der Waals surface area contributed by atoms with Gasteiger partial charge < -0.3 is 19.9 Å². The van der Waals surface area contributed by atoms with Crippen LogP contribution in [-0.2, 0) is 14.4 Å². The first-order valence-electron chi connectivity index (χ1n) is 11.4. The summed E-state index contributed by atoms with van der Waals surface area (Å²) in [5.41, 5.74) is 0.994. The molecular weight excluding hydrogens is 605 g/mol. The quantitative estimate of drug-likeness (QED) is 0.195. The summed E-state index contributed by atoms with van der Waals surface area (Å²) in [4.78, 5) is 51.2. The van der Waals surface area contributed by atoms with E-state index < -0.39 is 17.8 Å². The number of barbiturate groups is 1. The number of phenols is 1. The second-order valence-electron chi connectivity index (χ2n) is 7.94. The second kappa shape index (κ2) is 11.8. The Bertz CT molecular complexity index is 1420. The summed E-state index contributed by atoms with van der Waals surface area (Å²) >= 11 is 2.01. The number of hydrogen-bond acceptors (Lipinski definition) is 7. The lowest BCUT2D eigenvalue weighted by Crippen LogP contribution is -2.54. The third kappa shape index (κ3) is 6.11. The number of carbonyl (C=O) groups is 4. The standard InChI is InChI=1S/C27H22IN3O7/c1-2-37-22-14-16(13-21(28)24(22)38-15-23(33)29-17-6-4-3-5-7-17)12-20-25(34)30-27(36)31(26(20)35)18-8-10-19(32)11-9-18/h3-14,32H,2,15H2,1H3,(H,29,33)(H,30,34,36)/b20-12+. The van der Waals surface area contributed by atoms with Crippen molar-refractivity contribution in [2.24, 2.45) is 0 Å². The van der Waals surface area contributed by atoms with Crippen LogP contribution in [0.2, 0.25) is 0 Å². The second-order valence-corrected chi connectivity index (χ2v) is 9.10. The molecule has 3 N–H and O–H groups in total. The monoisotopic (exact) mass is 627 g/mol. The van der Waals surface area contributed by atoms with E-state index in [1.54, 1.807) is 43.3 Å². The normalized spacial score (nSPS) is 14.3. The van der Waals surface area contributed by atoms with Crippen LogP contribution in [0.5, 0.6) is 17.2 Å². The number of halogens is 1. The lowest BCUT2D eigenvalue weighted by atomic mass is 10.1. The van der Waals surface area contributed by atoms with Gasteiger partial charge in [0.1, 0.15) is 11.3 Å². The number of rotatable bonds is 8. The van der Waals surface area contributed by atoms with Crippen molar-refractivity contribution in [3.63, 3.8) is 0 Å². The Hall–Kier alpha value is -4.39. The molecule has 0 radical (unpaired) electrons. The van der Waals surface area contributed by atoms with Crippen LogP contribution in [0, 0.1) is 3.57 Å². The molecule has 1 heterocycles. The average Bonchev–Trinajstić information content (AvgIpc) is 2.88. The fourth-order valence-electron chi connectivity index (χ4n) is 3.59. The number of amides is 5. The number of phenolic OH excluding ortho intramolecular Hbond substituents is 1. The average molecular weight is 627 g/mol. The number of hydrogen-bond donors (Lipinski definition) is 3. The van der Waals surface area contributed by atoms with E-state index in [-0.39, 0.29) is 29.5 Å². The van der Waals surface area contributed by atoms with Gasteiger partial charge in [-0.1, -0.05) is 18.2 Å². The third-order valence-corrected chi connectivity index (χ3v) is 6.06. The number of anilines is 2. The zero-order chi connectivity index (χ0) is 27.2. The molecule has 0 aliphatic carbocycles. The zero-order valence-electron chi connectivity index (χ0n) is 20.1. The molecule has 0 saturated carbocycles. The van der Waals surface area contributed by atoms with Crippen molar-refractivity contribution >= 4 is 63.8 Å². The molecule has 0 atom stereocenters. The molecular formula is C27H22IN3O7. The maximum absolute atomic E-state index is 13.1. The van der Waals surface area contributed by atoms with E-state index in [1.807, 2.05) is 28.7 Å². The van der Waals surface area contributed by atoms with E-state index in [9.17, 15) is 24.3 Å². The van der Waals surface area contributed by atoms with Crippen molar-refractivity contribution in [3.05, 3.63) is 81.4 Å². The van der Waals surface area contributed by atoms with Gasteiger partial charge in [-0.05, 0) is 89.7 Å². The molecule has 3 aromatic rings. The Labute approximate surface area is 231 Å². The number of aromatic hydroxyl groups is 1. The summed E-state index contributed by atoms with van der Waals surface area (Å²) in [6.07, 6.45) is 1.34. The van der Waals surface area contributed by atoms with Gasteiger partial charge in [0.2, 0.25) is 0 Å². The maximum Gasteiger partial charge on any atom is 0.335 e. The third-order valence-electron chi connectivity index (χ3n) is 5.26. The van der Waals surface area contributed by atoms with Crippen LogP contribution in [-0.4, -0.2) is 42.1 Å². The lowest BCUT2D eigenvalue weighted by molar-refractivity contribution is -0.122. The van der Waals surface area contributed by atoms with Crippen LogP contribution in [0.25, 0.3) is 6.08 Å². The summed E-state index contributed by atoms with van der Waals surface area (Å²) in [5, 5.41) is 14.4. The highest BCUT2D eigenvalue weighted by Gasteiger charge is 2.36. The number of imide groups is 2. The number of benzene rings is 3. The molecule has 5 amide bonds. The van der Waals surface area contributed by atoms with Gasteiger partial charge in [0, 0.05) is 5.69 Å². The number of para-hydroxylation sites is 1. The number of nitrogens with zero attached hydrogens (tertiary/aromatic N) is 1. The van der Waals surface area contributed by atoms with Crippen LogP contribution in [0.15, 0.2) is 72.3 Å². The molecule has 1 aliphatic heterocycles. The molecule has 4 rings (SSSR count). The predicted molar refractivity (Wildman–Crippen MR) is 148 cm³/mol. The molecule has 11 heteroatoms. The molecule has 3 aromatic carbocycles. The first-order valence-corrected chi connectivity index (χ1v) is 12.5. The van der Waals surface area contributed by atoms with Gasteiger partial charge in [0.25, 0.3) is 17.7 Å². The highest BCUT2D eigenvalue weighted by atomic mass is 127. The smallest absolute Gasteiger partial charge is 0.335 e. The van der Waals surface area contributed by atoms with Crippen molar-refractivity contribution in [1.29, 1.82) is 0 Å². The molecule has 1 fully saturated rings. The highest BCUT2D eigenvalue weighted by molar-refractivity contribution is 14.1. The predicted octanol–water partition coefficient (Wildman–Crippen LogP) is 4.08. The molecule has 0 aromatic heterocycles. The Kier molecular flexibility index (Phi) is 8.26. The van der Waals surface area contributed by atoms with Crippen molar-refractivity contribution < 1.29 is 33.8 Å². The SMILES string of the molecule is CCOc1cc(/C=C2\C(=O)NC(=O)N(c3ccc(O)cc3)C2=O)cc(I)c1OCC(=O)Nc1ccccc1. The van der Waals surface area contributed by atoms with Gasteiger partial charge in [0.05, 0.1) is 15.9 Å². The Morgan fingerprint density at radius 1 is 1.05 bits per heavy atom. The topological polar surface area (TPSA) is 134 Å². The van der Waals surface area contributed by atoms with E-state index in [1.165, 1.54) is 30.3 Å². The first kappa shape index (κ1) is 26.7. The number of ether oxygens (including phenoxy) is 2. The summed E-state index contributed by atoms with van der Waals surface area (Å²) < 4.78 is 12.0. The minimum atomic E-state index is -0.898. The summed E-state index contributed by atoms with van der Waals surface area (Å²) in [6, 6.07) is 16.7. The van der Waals surface area contributed by atoms with Crippen LogP contribution >= 0.6 is 22.6 Å². The Morgan fingerprint density at radius 3 is 2.45 bits per heavy atom. The van der Waals surface area contributed by atoms with Crippen LogP contribution in [0.1, 0.15) is 12.5 Å². The number of carbonyl (C=O) groups excluding carboxylic acids is 4. The van der Waals surface area contributed by atoms with E-state index in [0.29, 0.717) is 32.9 Å². The fraction of sp³-hybridized carbons (Fsp3) is 0.111. The van der Waals surface area contributed by atoms with Gasteiger partial charge in [-0.2, -0.15) is 0 Å². The minimum absolute atomic E-state index is 0.0386. The largest absolute Gasteiger partial charge is 0.508 e. The van der Waals surface area contributed by atoms with Gasteiger partial charge in [-0.15, -0.1) is 0 Å². The van der Waals surface area contributed by atoms with E-state index in [0.717, 1.165) is 4.90 Å². The molecule has 0 bridgehead atoms. The maximum atomic E-state index is 13.1. The van der Waals surface area contributed by atoms with E-state index >= 15 is 0 Å². The Balaban J connectivity index is 1.58. The summed E-state index contributed by atoms with van der Waals surface area (Å²) in [6.45, 7) is 1.81. The molecule has 1 saturated heterocycles. The van der Waals surface area contributed by atoms with Crippen molar-refractivity contribution in [2.75, 3.05) is 23.4 Å². The van der Waals surface area contributed by atoms with Gasteiger partial charge >= 0.3 is 6.03 Å². The highest BCUT2D eigenvalue weighted by Crippen LogP contribution is 2.35. The first-order chi connectivity index (χ1) is 18.3. The molecule has 0 spiro atoms. The summed E-state index contributed by atoms with van der Waals surface area (Å²) in [5.74, 6) is -1.42. The molecule has 0 unspecified atom stereocenters. The van der Waals surface area contributed by atoms with Crippen LogP contribution < -0.4 is 25.0 Å². The lowest BCUT2D eigenvalue weighted by Gasteiger charge is -2.26. The van der Waals surface area contributed by atoms with Crippen LogP contribution in [0.3, 0.4) is 0 Å². The van der Waals surface area contributed by atoms with Crippen molar-refractivity contribution in [3.8, 4) is 17.2 Å². The van der Waals surface area contributed by atoms with Gasteiger partial charge in [-0.25, -0.2) is 9.69 Å². The van der Waals surface area contributed by atoms with Crippen molar-refractivity contribution in [1.82, 2.24) is 5.32 Å². The molecule has 194 valence electrons. The summed E-state index contributed by atoms with van der Waals surface area (Å²) in [7, 11) is 0. The van der Waals surface area contributed by atoms with Crippen molar-refractivity contribution in [2.45, 2.75) is 6.92 Å².